The molecule has 2 heteroatoms. The van der Waals surface area contributed by atoms with E-state index in [4.69, 9.17) is 0 Å². The highest BCUT2D eigenvalue weighted by molar-refractivity contribution is 5.06. The lowest BCUT2D eigenvalue weighted by Gasteiger charge is -1.98. The molecule has 0 aliphatic heterocycles. The smallest absolute Gasteiger partial charge is 0.0596 e. The molecule has 1 aromatic rings. The number of aryl methyl sites for hydroxylation is 3. The molecule has 1 heterocycles. The molecule has 0 aliphatic rings. The van der Waals surface area contributed by atoms with Gasteiger partial charge in [0.15, 0.2) is 0 Å². The fourth-order valence-electron chi connectivity index (χ4n) is 1.11. The van der Waals surface area contributed by atoms with Crippen molar-refractivity contribution in [2.24, 2.45) is 0 Å². The SMILES string of the molecule is CCCn1nc(C)cc1C. The first kappa shape index (κ1) is 7.32. The molecule has 0 atom stereocenters. The second-order valence-corrected chi connectivity index (χ2v) is 2.65. The summed E-state index contributed by atoms with van der Waals surface area (Å²) in [4.78, 5) is 0. The Kier molecular flexibility index (Phi) is 2.10. The van der Waals surface area contributed by atoms with Crippen LogP contribution in [0.3, 0.4) is 0 Å². The van der Waals surface area contributed by atoms with Gasteiger partial charge in [-0.3, -0.25) is 4.68 Å². The Labute approximate surface area is 61.9 Å². The lowest BCUT2D eigenvalue weighted by molar-refractivity contribution is 0.583. The largest absolute Gasteiger partial charge is 0.270 e. The molecule has 0 unspecified atom stereocenters. The van der Waals surface area contributed by atoms with E-state index in [0.717, 1.165) is 18.7 Å². The molecule has 0 spiro atoms. The molecule has 0 saturated carbocycles. The van der Waals surface area contributed by atoms with E-state index >= 15 is 0 Å². The summed E-state index contributed by atoms with van der Waals surface area (Å²) in [6.07, 6.45) is 1.15. The van der Waals surface area contributed by atoms with E-state index in [1.807, 2.05) is 6.92 Å². The molecule has 0 N–H and O–H groups in total. The number of rotatable bonds is 2. The van der Waals surface area contributed by atoms with Gasteiger partial charge in [-0.1, -0.05) is 6.92 Å². The van der Waals surface area contributed by atoms with Crippen LogP contribution in [0.25, 0.3) is 0 Å². The van der Waals surface area contributed by atoms with E-state index in [9.17, 15) is 0 Å². The fourth-order valence-corrected chi connectivity index (χ4v) is 1.11. The van der Waals surface area contributed by atoms with Gasteiger partial charge in [-0.15, -0.1) is 0 Å². The van der Waals surface area contributed by atoms with Crippen LogP contribution < -0.4 is 0 Å². The molecule has 2 nitrogen and oxygen atoms in total. The average Bonchev–Trinajstić information content (AvgIpc) is 2.13. The van der Waals surface area contributed by atoms with E-state index in [2.05, 4.69) is 29.7 Å². The van der Waals surface area contributed by atoms with Gasteiger partial charge in [-0.2, -0.15) is 5.10 Å². The third-order valence-corrected chi connectivity index (χ3v) is 1.54. The normalized spacial score (nSPS) is 10.3. The van der Waals surface area contributed by atoms with Crippen LogP contribution in [0.15, 0.2) is 6.07 Å². The van der Waals surface area contributed by atoms with Crippen molar-refractivity contribution in [2.75, 3.05) is 0 Å². The molecular formula is C8H14N2. The predicted molar refractivity (Wildman–Crippen MR) is 42.0 cm³/mol. The quantitative estimate of drug-likeness (QED) is 0.610. The summed E-state index contributed by atoms with van der Waals surface area (Å²) in [7, 11) is 0. The molecular weight excluding hydrogens is 124 g/mol. The van der Waals surface area contributed by atoms with Gasteiger partial charge >= 0.3 is 0 Å². The maximum absolute atomic E-state index is 4.32. The van der Waals surface area contributed by atoms with Crippen molar-refractivity contribution < 1.29 is 0 Å². The molecule has 0 amide bonds. The minimum absolute atomic E-state index is 1.04. The predicted octanol–water partition coefficient (Wildman–Crippen LogP) is 1.91. The van der Waals surface area contributed by atoms with Gasteiger partial charge < -0.3 is 0 Å². The van der Waals surface area contributed by atoms with Crippen LogP contribution in [-0.4, -0.2) is 9.78 Å². The summed E-state index contributed by atoms with van der Waals surface area (Å²) in [6.45, 7) is 7.32. The highest BCUT2D eigenvalue weighted by Gasteiger charge is 1.96. The van der Waals surface area contributed by atoms with E-state index in [-0.39, 0.29) is 0 Å². The Bertz CT molecular complexity index is 213. The topological polar surface area (TPSA) is 17.8 Å². The first-order valence-corrected chi connectivity index (χ1v) is 3.75. The fraction of sp³-hybridized carbons (Fsp3) is 0.625. The molecule has 0 fully saturated rings. The Hall–Kier alpha value is -0.790. The van der Waals surface area contributed by atoms with Crippen LogP contribution in [0.4, 0.5) is 0 Å². The number of aromatic nitrogens is 2. The van der Waals surface area contributed by atoms with Crippen molar-refractivity contribution in [1.29, 1.82) is 0 Å². The van der Waals surface area contributed by atoms with Gasteiger partial charge in [0.25, 0.3) is 0 Å². The highest BCUT2D eigenvalue weighted by Crippen LogP contribution is 2.01. The maximum atomic E-state index is 4.32. The first-order chi connectivity index (χ1) is 4.74. The van der Waals surface area contributed by atoms with Crippen molar-refractivity contribution in [3.05, 3.63) is 17.5 Å². The zero-order chi connectivity index (χ0) is 7.56. The Morgan fingerprint density at radius 2 is 2.20 bits per heavy atom. The Morgan fingerprint density at radius 3 is 2.60 bits per heavy atom. The zero-order valence-electron chi connectivity index (χ0n) is 6.89. The van der Waals surface area contributed by atoms with Gasteiger partial charge in [0.1, 0.15) is 0 Å². The standard InChI is InChI=1S/C8H14N2/c1-4-5-10-8(3)6-7(2)9-10/h6H,4-5H2,1-3H3. The van der Waals surface area contributed by atoms with Gasteiger partial charge in [0, 0.05) is 12.2 Å². The molecule has 56 valence electrons. The number of nitrogens with zero attached hydrogens (tertiary/aromatic N) is 2. The maximum Gasteiger partial charge on any atom is 0.0596 e. The van der Waals surface area contributed by atoms with E-state index in [1.54, 1.807) is 0 Å². The van der Waals surface area contributed by atoms with Crippen molar-refractivity contribution in [3.8, 4) is 0 Å². The summed E-state index contributed by atoms with van der Waals surface area (Å²) in [5.41, 5.74) is 2.38. The van der Waals surface area contributed by atoms with Gasteiger partial charge in [-0.25, -0.2) is 0 Å². The lowest BCUT2D eigenvalue weighted by Crippen LogP contribution is -2.00. The van der Waals surface area contributed by atoms with Crippen LogP contribution >= 0.6 is 0 Å². The third-order valence-electron chi connectivity index (χ3n) is 1.54. The number of hydrogen-bond acceptors (Lipinski definition) is 1. The van der Waals surface area contributed by atoms with E-state index < -0.39 is 0 Å². The van der Waals surface area contributed by atoms with Gasteiger partial charge in [0.05, 0.1) is 5.69 Å². The van der Waals surface area contributed by atoms with E-state index in [1.165, 1.54) is 5.69 Å². The zero-order valence-corrected chi connectivity index (χ0v) is 6.89. The second kappa shape index (κ2) is 2.86. The van der Waals surface area contributed by atoms with Crippen molar-refractivity contribution in [1.82, 2.24) is 9.78 Å². The second-order valence-electron chi connectivity index (χ2n) is 2.65. The summed E-state index contributed by atoms with van der Waals surface area (Å²) in [5.74, 6) is 0. The minimum atomic E-state index is 1.04. The average molecular weight is 138 g/mol. The van der Waals surface area contributed by atoms with Crippen molar-refractivity contribution >= 4 is 0 Å². The summed E-state index contributed by atoms with van der Waals surface area (Å²) in [6, 6.07) is 2.11. The Morgan fingerprint density at radius 1 is 1.50 bits per heavy atom. The van der Waals surface area contributed by atoms with Crippen LogP contribution in [0.2, 0.25) is 0 Å². The van der Waals surface area contributed by atoms with Crippen LogP contribution in [0, 0.1) is 13.8 Å². The highest BCUT2D eigenvalue weighted by atomic mass is 15.3. The van der Waals surface area contributed by atoms with Crippen LogP contribution in [-0.2, 0) is 6.54 Å². The molecule has 1 aromatic heterocycles. The summed E-state index contributed by atoms with van der Waals surface area (Å²) < 4.78 is 2.05. The summed E-state index contributed by atoms with van der Waals surface area (Å²) in [5, 5.41) is 4.32. The van der Waals surface area contributed by atoms with Crippen molar-refractivity contribution in [3.63, 3.8) is 0 Å². The molecule has 10 heavy (non-hydrogen) atoms. The first-order valence-electron chi connectivity index (χ1n) is 3.75. The summed E-state index contributed by atoms with van der Waals surface area (Å²) >= 11 is 0. The molecule has 0 saturated heterocycles. The monoisotopic (exact) mass is 138 g/mol. The lowest BCUT2D eigenvalue weighted by atomic mass is 10.4. The van der Waals surface area contributed by atoms with Gasteiger partial charge in [0.2, 0.25) is 0 Å². The molecule has 1 rings (SSSR count). The molecule has 0 radical (unpaired) electrons. The molecule has 0 aromatic carbocycles. The molecule has 0 aliphatic carbocycles. The number of hydrogen-bond donors (Lipinski definition) is 0. The minimum Gasteiger partial charge on any atom is -0.270 e. The van der Waals surface area contributed by atoms with Crippen LogP contribution in [0.1, 0.15) is 24.7 Å². The van der Waals surface area contributed by atoms with Crippen LogP contribution in [0.5, 0.6) is 0 Å². The third kappa shape index (κ3) is 1.38. The molecule has 0 bridgehead atoms. The van der Waals surface area contributed by atoms with Gasteiger partial charge in [-0.05, 0) is 26.3 Å². The van der Waals surface area contributed by atoms with Crippen molar-refractivity contribution in [2.45, 2.75) is 33.7 Å². The Balaban J connectivity index is 2.81. The van der Waals surface area contributed by atoms with E-state index in [0.29, 0.717) is 0 Å².